The Bertz CT molecular complexity index is 727. The van der Waals surface area contributed by atoms with E-state index in [0.29, 0.717) is 0 Å². The summed E-state index contributed by atoms with van der Waals surface area (Å²) in [5, 5.41) is 4.70. The van der Waals surface area contributed by atoms with Crippen molar-refractivity contribution in [3.05, 3.63) is 35.9 Å². The van der Waals surface area contributed by atoms with Crippen LogP contribution in [-0.2, 0) is 14.3 Å². The number of esters is 1. The second-order valence-corrected chi connectivity index (χ2v) is 8.19. The predicted molar refractivity (Wildman–Crippen MR) is 114 cm³/mol. The van der Waals surface area contributed by atoms with Gasteiger partial charge < -0.3 is 15.0 Å². The fraction of sp³-hybridized carbons (Fsp3) is 0.500. The van der Waals surface area contributed by atoms with Crippen molar-refractivity contribution in [1.29, 1.82) is 0 Å². The molecule has 1 fully saturated rings. The molecule has 2 N–H and O–H groups in total. The first kappa shape index (κ1) is 22.5. The summed E-state index contributed by atoms with van der Waals surface area (Å²) in [7, 11) is 0. The van der Waals surface area contributed by atoms with Gasteiger partial charge >= 0.3 is 12.0 Å². The topological polar surface area (TPSA) is 87.7 Å². The molecule has 1 aliphatic heterocycles. The molecule has 7 nitrogen and oxygen atoms in total. The molecule has 1 aliphatic rings. The second kappa shape index (κ2) is 10.6. The maximum atomic E-state index is 11.8. The maximum absolute atomic E-state index is 11.8. The lowest BCUT2D eigenvalue weighted by atomic mass is 10.1. The van der Waals surface area contributed by atoms with Crippen molar-refractivity contribution < 1.29 is 19.1 Å². The van der Waals surface area contributed by atoms with Crippen molar-refractivity contribution >= 4 is 29.7 Å². The standard InChI is InChI=1S/C22H31N3O4/c1-22(2,3)24-21(28)23-19(26)16-29-20(27)13-10-17-8-11-18(12-9-17)25-14-6-4-5-7-15-25/h8-13H,4-7,14-16H2,1-3H3,(H2,23,24,26,28)/b13-10+. The van der Waals surface area contributed by atoms with Crippen LogP contribution in [0.2, 0.25) is 0 Å². The van der Waals surface area contributed by atoms with Gasteiger partial charge in [-0.15, -0.1) is 0 Å². The van der Waals surface area contributed by atoms with Crippen molar-refractivity contribution in [3.8, 4) is 0 Å². The molecule has 0 unspecified atom stereocenters. The van der Waals surface area contributed by atoms with Gasteiger partial charge in [-0.3, -0.25) is 10.1 Å². The predicted octanol–water partition coefficient (Wildman–Crippen LogP) is 3.25. The van der Waals surface area contributed by atoms with Crippen LogP contribution in [0, 0.1) is 0 Å². The minimum Gasteiger partial charge on any atom is -0.452 e. The smallest absolute Gasteiger partial charge is 0.331 e. The number of hydrogen-bond donors (Lipinski definition) is 2. The summed E-state index contributed by atoms with van der Waals surface area (Å²) in [6.07, 6.45) is 7.93. The molecule has 0 atom stereocenters. The number of rotatable bonds is 5. The summed E-state index contributed by atoms with van der Waals surface area (Å²) in [6, 6.07) is 7.38. The quantitative estimate of drug-likeness (QED) is 0.584. The van der Waals surface area contributed by atoms with Crippen molar-refractivity contribution in [1.82, 2.24) is 10.6 Å². The van der Waals surface area contributed by atoms with Gasteiger partial charge in [0.2, 0.25) is 0 Å². The van der Waals surface area contributed by atoms with E-state index in [4.69, 9.17) is 4.74 Å². The molecule has 158 valence electrons. The molecule has 0 aliphatic carbocycles. The SMILES string of the molecule is CC(C)(C)NC(=O)NC(=O)COC(=O)/C=C/c1ccc(N2CCCCCC2)cc1. The molecule has 0 spiro atoms. The van der Waals surface area contributed by atoms with Gasteiger partial charge in [0, 0.05) is 30.4 Å². The van der Waals surface area contributed by atoms with Gasteiger partial charge in [0.15, 0.2) is 6.61 Å². The van der Waals surface area contributed by atoms with Gasteiger partial charge in [0.05, 0.1) is 0 Å². The zero-order valence-electron chi connectivity index (χ0n) is 17.5. The molecule has 0 bridgehead atoms. The summed E-state index contributed by atoms with van der Waals surface area (Å²) in [6.45, 7) is 7.02. The van der Waals surface area contributed by atoms with Gasteiger partial charge in [-0.05, 0) is 57.4 Å². The summed E-state index contributed by atoms with van der Waals surface area (Å²) < 4.78 is 4.86. The van der Waals surface area contributed by atoms with Crippen molar-refractivity contribution in [2.45, 2.75) is 52.0 Å². The first-order valence-electron chi connectivity index (χ1n) is 10.0. The molecule has 3 amide bonds. The van der Waals surface area contributed by atoms with E-state index in [1.165, 1.54) is 37.4 Å². The van der Waals surface area contributed by atoms with E-state index < -0.39 is 30.1 Å². The number of imide groups is 1. The highest BCUT2D eigenvalue weighted by Crippen LogP contribution is 2.20. The Morgan fingerprint density at radius 1 is 1.03 bits per heavy atom. The van der Waals surface area contributed by atoms with Crippen molar-refractivity contribution in [2.75, 3.05) is 24.6 Å². The van der Waals surface area contributed by atoms with Gasteiger partial charge in [0.25, 0.3) is 5.91 Å². The second-order valence-electron chi connectivity index (χ2n) is 8.19. The van der Waals surface area contributed by atoms with Crippen LogP contribution in [0.3, 0.4) is 0 Å². The molecule has 7 heteroatoms. The molecule has 0 saturated carbocycles. The number of amides is 3. The van der Waals surface area contributed by atoms with E-state index >= 15 is 0 Å². The number of hydrogen-bond acceptors (Lipinski definition) is 5. The summed E-state index contributed by atoms with van der Waals surface area (Å²) in [5.41, 5.74) is 1.60. The van der Waals surface area contributed by atoms with Gasteiger partial charge in [-0.1, -0.05) is 25.0 Å². The lowest BCUT2D eigenvalue weighted by molar-refractivity contribution is -0.143. The van der Waals surface area contributed by atoms with Gasteiger partial charge in [0.1, 0.15) is 0 Å². The first-order valence-corrected chi connectivity index (χ1v) is 10.0. The highest BCUT2D eigenvalue weighted by atomic mass is 16.5. The average molecular weight is 402 g/mol. The Kier molecular flexibility index (Phi) is 8.24. The van der Waals surface area contributed by atoms with Crippen LogP contribution in [0.5, 0.6) is 0 Å². The van der Waals surface area contributed by atoms with Crippen LogP contribution in [-0.4, -0.2) is 43.1 Å². The van der Waals surface area contributed by atoms with Gasteiger partial charge in [-0.2, -0.15) is 0 Å². The Labute approximate surface area is 172 Å². The third-order valence-corrected chi connectivity index (χ3v) is 4.36. The average Bonchev–Trinajstić information content (AvgIpc) is 2.93. The van der Waals surface area contributed by atoms with Crippen LogP contribution in [0.25, 0.3) is 6.08 Å². The van der Waals surface area contributed by atoms with E-state index in [1.54, 1.807) is 26.8 Å². The van der Waals surface area contributed by atoms with Crippen LogP contribution < -0.4 is 15.5 Å². The summed E-state index contributed by atoms with van der Waals surface area (Å²) in [5.74, 6) is -1.33. The molecule has 1 aromatic carbocycles. The maximum Gasteiger partial charge on any atom is 0.331 e. The Hall–Kier alpha value is -2.83. The monoisotopic (exact) mass is 401 g/mol. The molecule has 2 rings (SSSR count). The highest BCUT2D eigenvalue weighted by molar-refractivity contribution is 5.96. The van der Waals surface area contributed by atoms with Crippen LogP contribution >= 0.6 is 0 Å². The van der Waals surface area contributed by atoms with Gasteiger partial charge in [-0.25, -0.2) is 9.59 Å². The van der Waals surface area contributed by atoms with E-state index in [-0.39, 0.29) is 0 Å². The minimum atomic E-state index is -0.685. The fourth-order valence-corrected chi connectivity index (χ4v) is 3.01. The Morgan fingerprint density at radius 3 is 2.24 bits per heavy atom. The molecular formula is C22H31N3O4. The Balaban J connectivity index is 1.76. The lowest BCUT2D eigenvalue weighted by Crippen LogP contribution is -2.49. The first-order chi connectivity index (χ1) is 13.7. The summed E-state index contributed by atoms with van der Waals surface area (Å²) >= 11 is 0. The highest BCUT2D eigenvalue weighted by Gasteiger charge is 2.16. The number of nitrogens with one attached hydrogen (secondary N) is 2. The molecule has 29 heavy (non-hydrogen) atoms. The largest absolute Gasteiger partial charge is 0.452 e. The number of ether oxygens (including phenoxy) is 1. The zero-order valence-corrected chi connectivity index (χ0v) is 17.5. The molecular weight excluding hydrogens is 370 g/mol. The van der Waals surface area contributed by atoms with E-state index in [2.05, 4.69) is 27.7 Å². The molecule has 1 saturated heterocycles. The number of urea groups is 1. The van der Waals surface area contributed by atoms with E-state index in [1.807, 2.05) is 12.1 Å². The minimum absolute atomic E-state index is 0.466. The number of nitrogens with zero attached hydrogens (tertiary/aromatic N) is 1. The molecule has 1 heterocycles. The lowest BCUT2D eigenvalue weighted by Gasteiger charge is -2.22. The third-order valence-electron chi connectivity index (χ3n) is 4.36. The van der Waals surface area contributed by atoms with Crippen molar-refractivity contribution in [2.24, 2.45) is 0 Å². The normalized spacial score (nSPS) is 14.9. The molecule has 0 aromatic heterocycles. The van der Waals surface area contributed by atoms with Crippen LogP contribution in [0.4, 0.5) is 10.5 Å². The van der Waals surface area contributed by atoms with E-state index in [9.17, 15) is 14.4 Å². The molecule has 1 aromatic rings. The third kappa shape index (κ3) is 8.81. The number of carbonyl (C=O) groups is 3. The number of benzene rings is 1. The van der Waals surface area contributed by atoms with Crippen LogP contribution in [0.15, 0.2) is 30.3 Å². The zero-order chi connectivity index (χ0) is 21.3. The molecule has 0 radical (unpaired) electrons. The Morgan fingerprint density at radius 2 is 1.66 bits per heavy atom. The fourth-order valence-electron chi connectivity index (χ4n) is 3.01. The summed E-state index contributed by atoms with van der Waals surface area (Å²) in [4.78, 5) is 37.4. The number of anilines is 1. The van der Waals surface area contributed by atoms with E-state index in [0.717, 1.165) is 18.7 Å². The van der Waals surface area contributed by atoms with Crippen LogP contribution in [0.1, 0.15) is 52.0 Å². The number of carbonyl (C=O) groups excluding carboxylic acids is 3. The van der Waals surface area contributed by atoms with Crippen molar-refractivity contribution in [3.63, 3.8) is 0 Å².